The summed E-state index contributed by atoms with van der Waals surface area (Å²) in [5.41, 5.74) is 14.0. The third-order valence-corrected chi connectivity index (χ3v) is 3.50. The van der Waals surface area contributed by atoms with Gasteiger partial charge in [0.15, 0.2) is 0 Å². The highest BCUT2D eigenvalue weighted by Crippen LogP contribution is 2.24. The molecular formula is C11H11N5OS. The first-order valence-corrected chi connectivity index (χ1v) is 6.26. The van der Waals surface area contributed by atoms with Crippen molar-refractivity contribution in [2.45, 2.75) is 6.42 Å². The molecular weight excluding hydrogens is 252 g/mol. The minimum absolute atomic E-state index is 0.0954. The molecule has 0 aromatic carbocycles. The number of aromatic nitrogens is 3. The molecule has 0 aliphatic heterocycles. The zero-order valence-corrected chi connectivity index (χ0v) is 10.2. The number of anilines is 2. The number of H-pyrrole nitrogens is 2. The lowest BCUT2D eigenvalue weighted by Gasteiger charge is -1.99. The molecule has 0 aliphatic rings. The summed E-state index contributed by atoms with van der Waals surface area (Å²) < 4.78 is 0. The molecule has 7 heteroatoms. The summed E-state index contributed by atoms with van der Waals surface area (Å²) in [6, 6.07) is 2.01. The molecule has 0 bridgehead atoms. The molecule has 0 fully saturated rings. The van der Waals surface area contributed by atoms with Crippen LogP contribution in [0.2, 0.25) is 0 Å². The van der Waals surface area contributed by atoms with Gasteiger partial charge in [0, 0.05) is 12.0 Å². The van der Waals surface area contributed by atoms with Crippen molar-refractivity contribution < 1.29 is 0 Å². The number of hydrogen-bond donors (Lipinski definition) is 4. The average molecular weight is 263 g/mol. The lowest BCUT2D eigenvalue weighted by molar-refractivity contribution is 1.17. The van der Waals surface area contributed by atoms with E-state index >= 15 is 0 Å². The highest BCUT2D eigenvalue weighted by atomic mass is 32.1. The zero-order valence-electron chi connectivity index (χ0n) is 9.36. The predicted molar refractivity (Wildman–Crippen MR) is 72.7 cm³/mol. The molecule has 0 unspecified atom stereocenters. The van der Waals surface area contributed by atoms with Gasteiger partial charge in [-0.1, -0.05) is 0 Å². The summed E-state index contributed by atoms with van der Waals surface area (Å²) >= 11 is 1.61. The second-order valence-corrected chi connectivity index (χ2v) is 4.78. The largest absolute Gasteiger partial charge is 0.385 e. The van der Waals surface area contributed by atoms with Crippen LogP contribution in [0.1, 0.15) is 11.1 Å². The fraction of sp³-hybridized carbons (Fsp3) is 0.0909. The van der Waals surface area contributed by atoms with Crippen LogP contribution in [0.25, 0.3) is 11.0 Å². The smallest absolute Gasteiger partial charge is 0.276 e. The molecule has 3 aromatic rings. The molecule has 0 atom stereocenters. The SMILES string of the molecule is Nc1nc2c(Cc3ccsc3)[14c](N)[nH]c2c(=O)[nH]1. The van der Waals surface area contributed by atoms with Gasteiger partial charge in [0.1, 0.15) is 16.9 Å². The molecule has 3 aromatic heterocycles. The maximum atomic E-state index is 11.7. The van der Waals surface area contributed by atoms with Crippen LogP contribution in [0.3, 0.4) is 0 Å². The first-order chi connectivity index (χ1) is 8.65. The van der Waals surface area contributed by atoms with Crippen LogP contribution in [0.4, 0.5) is 11.8 Å². The lowest BCUT2D eigenvalue weighted by Crippen LogP contribution is -2.11. The molecule has 0 aliphatic carbocycles. The average Bonchev–Trinajstić information content (AvgIpc) is 2.91. The van der Waals surface area contributed by atoms with Crippen molar-refractivity contribution in [3.05, 3.63) is 38.3 Å². The third-order valence-electron chi connectivity index (χ3n) is 2.77. The van der Waals surface area contributed by atoms with E-state index in [1.807, 2.05) is 16.8 Å². The van der Waals surface area contributed by atoms with E-state index in [1.165, 1.54) is 0 Å². The van der Waals surface area contributed by atoms with Crippen LogP contribution in [0.5, 0.6) is 0 Å². The Morgan fingerprint density at radius 3 is 3.06 bits per heavy atom. The van der Waals surface area contributed by atoms with E-state index < -0.39 is 0 Å². The minimum Gasteiger partial charge on any atom is -0.385 e. The maximum Gasteiger partial charge on any atom is 0.276 e. The van der Waals surface area contributed by atoms with Crippen LogP contribution >= 0.6 is 11.3 Å². The Bertz CT molecular complexity index is 756. The topological polar surface area (TPSA) is 114 Å². The summed E-state index contributed by atoms with van der Waals surface area (Å²) in [4.78, 5) is 21.2. The Morgan fingerprint density at radius 2 is 2.33 bits per heavy atom. The van der Waals surface area contributed by atoms with Crippen LogP contribution < -0.4 is 17.0 Å². The fourth-order valence-corrected chi connectivity index (χ4v) is 2.61. The van der Waals surface area contributed by atoms with Crippen LogP contribution in [0.15, 0.2) is 21.6 Å². The van der Waals surface area contributed by atoms with Gasteiger partial charge in [0.25, 0.3) is 5.56 Å². The van der Waals surface area contributed by atoms with E-state index in [1.54, 1.807) is 11.3 Å². The van der Waals surface area contributed by atoms with Gasteiger partial charge in [-0.15, -0.1) is 0 Å². The summed E-state index contributed by atoms with van der Waals surface area (Å²) in [7, 11) is 0. The van der Waals surface area contributed by atoms with Crippen molar-refractivity contribution in [3.8, 4) is 0 Å². The van der Waals surface area contributed by atoms with Crippen LogP contribution in [-0.4, -0.2) is 15.0 Å². The monoisotopic (exact) mass is 263 g/mol. The second kappa shape index (κ2) is 3.88. The van der Waals surface area contributed by atoms with E-state index in [0.29, 0.717) is 23.3 Å². The van der Waals surface area contributed by atoms with Gasteiger partial charge >= 0.3 is 0 Å². The molecule has 92 valence electrons. The number of nitrogen functional groups attached to an aromatic ring is 2. The summed E-state index contributed by atoms with van der Waals surface area (Å²) in [6.07, 6.45) is 0.630. The zero-order chi connectivity index (χ0) is 12.7. The van der Waals surface area contributed by atoms with Gasteiger partial charge in [0.05, 0.1) is 0 Å². The fourth-order valence-electron chi connectivity index (χ4n) is 1.94. The standard InChI is InChI=1S/C11H11N5OS/c12-9-6(3-5-1-2-18-4-5)7-8(14-9)10(17)16-11(13)15-7/h1-2,4,14H,3,12H2,(H3,13,15,16,17)/i9+2. The number of nitrogens with one attached hydrogen (secondary N) is 2. The molecule has 6 nitrogen and oxygen atoms in total. The summed E-state index contributed by atoms with van der Waals surface area (Å²) in [6.45, 7) is 0. The molecule has 0 saturated carbocycles. The molecule has 3 rings (SSSR count). The number of thiophene rings is 1. The lowest BCUT2D eigenvalue weighted by atomic mass is 10.2. The second-order valence-electron chi connectivity index (χ2n) is 4.00. The number of hydrogen-bond acceptors (Lipinski definition) is 5. The van der Waals surface area contributed by atoms with Gasteiger partial charge in [0.2, 0.25) is 5.95 Å². The van der Waals surface area contributed by atoms with Crippen molar-refractivity contribution in [2.24, 2.45) is 0 Å². The number of nitrogens with zero attached hydrogens (tertiary/aromatic N) is 1. The Hall–Kier alpha value is -2.28. The Kier molecular flexibility index (Phi) is 2.34. The van der Waals surface area contributed by atoms with Gasteiger partial charge in [-0.2, -0.15) is 11.3 Å². The summed E-state index contributed by atoms with van der Waals surface area (Å²) in [5.74, 6) is 0.554. The molecule has 6 N–H and O–H groups in total. The van der Waals surface area contributed by atoms with Gasteiger partial charge in [-0.05, 0) is 22.4 Å². The van der Waals surface area contributed by atoms with E-state index in [-0.39, 0.29) is 11.5 Å². The maximum absolute atomic E-state index is 11.7. The molecule has 3 heterocycles. The van der Waals surface area contributed by atoms with Gasteiger partial charge in [-0.25, -0.2) is 4.98 Å². The van der Waals surface area contributed by atoms with Crippen molar-refractivity contribution in [1.82, 2.24) is 15.0 Å². The van der Waals surface area contributed by atoms with Crippen LogP contribution in [-0.2, 0) is 6.42 Å². The normalized spacial score (nSPS) is 11.1. The van der Waals surface area contributed by atoms with Crippen LogP contribution in [0, 0.1) is 0 Å². The van der Waals surface area contributed by atoms with Crippen molar-refractivity contribution in [1.29, 1.82) is 0 Å². The van der Waals surface area contributed by atoms with E-state index in [4.69, 9.17) is 11.5 Å². The Morgan fingerprint density at radius 1 is 1.50 bits per heavy atom. The molecule has 0 spiro atoms. The van der Waals surface area contributed by atoms with E-state index in [0.717, 1.165) is 11.1 Å². The first-order valence-electron chi connectivity index (χ1n) is 5.32. The predicted octanol–water partition coefficient (Wildman–Crippen LogP) is 1.07. The van der Waals surface area contributed by atoms with Crippen molar-refractivity contribution >= 4 is 34.1 Å². The quantitative estimate of drug-likeness (QED) is 0.553. The number of fused-ring (bicyclic) bond motifs is 1. The highest BCUT2D eigenvalue weighted by molar-refractivity contribution is 7.07. The summed E-state index contributed by atoms with van der Waals surface area (Å²) in [5, 5.41) is 4.03. The third kappa shape index (κ3) is 1.65. The number of aromatic amines is 2. The van der Waals surface area contributed by atoms with Crippen molar-refractivity contribution in [3.63, 3.8) is 0 Å². The number of rotatable bonds is 2. The molecule has 0 amide bonds. The Labute approximate surface area is 106 Å². The first kappa shape index (κ1) is 10.8. The molecule has 0 saturated heterocycles. The number of nitrogens with two attached hydrogens (primary N) is 2. The van der Waals surface area contributed by atoms with Gasteiger partial charge < -0.3 is 16.5 Å². The Balaban J connectivity index is 2.22. The highest BCUT2D eigenvalue weighted by Gasteiger charge is 2.14. The van der Waals surface area contributed by atoms with Crippen molar-refractivity contribution in [2.75, 3.05) is 11.5 Å². The van der Waals surface area contributed by atoms with E-state index in [9.17, 15) is 4.79 Å². The minimum atomic E-state index is -0.305. The van der Waals surface area contributed by atoms with E-state index in [2.05, 4.69) is 15.0 Å². The van der Waals surface area contributed by atoms with Gasteiger partial charge in [-0.3, -0.25) is 9.78 Å². The molecule has 0 radical (unpaired) electrons. The molecule has 18 heavy (non-hydrogen) atoms.